The molecule has 2 rings (SSSR count). The summed E-state index contributed by atoms with van der Waals surface area (Å²) in [5, 5.41) is 2.98. The van der Waals surface area contributed by atoms with Gasteiger partial charge in [0.25, 0.3) is 5.91 Å². The number of hydrogen-bond acceptors (Lipinski definition) is 4. The SMILES string of the molecule is CCOc1ccccc1NC(=O)[C@H](C)[NH+](C)Cc1ccc(OCC)c(OC)c1. The molecule has 0 radical (unpaired) electrons. The first-order valence-corrected chi connectivity index (χ1v) is 9.64. The first-order chi connectivity index (χ1) is 13.5. The maximum Gasteiger partial charge on any atom is 0.282 e. The van der Waals surface area contributed by atoms with Crippen LogP contribution in [0.1, 0.15) is 26.3 Å². The molecule has 0 saturated heterocycles. The minimum atomic E-state index is -0.243. The Labute approximate surface area is 167 Å². The zero-order chi connectivity index (χ0) is 20.5. The fraction of sp³-hybridized carbons (Fsp3) is 0.409. The number of quaternary nitrogens is 1. The molecule has 152 valence electrons. The van der Waals surface area contributed by atoms with Crippen LogP contribution < -0.4 is 24.4 Å². The molecular formula is C22H31N2O4+. The smallest absolute Gasteiger partial charge is 0.282 e. The van der Waals surface area contributed by atoms with Gasteiger partial charge < -0.3 is 24.4 Å². The molecule has 2 aromatic rings. The third-order valence-corrected chi connectivity index (χ3v) is 4.59. The number of methoxy groups -OCH3 is 1. The molecular weight excluding hydrogens is 356 g/mol. The summed E-state index contributed by atoms with van der Waals surface area (Å²) in [4.78, 5) is 13.8. The van der Waals surface area contributed by atoms with Crippen molar-refractivity contribution in [2.75, 3.05) is 32.7 Å². The van der Waals surface area contributed by atoms with Crippen LogP contribution in [0.4, 0.5) is 5.69 Å². The van der Waals surface area contributed by atoms with Gasteiger partial charge in [-0.3, -0.25) is 4.79 Å². The van der Waals surface area contributed by atoms with E-state index >= 15 is 0 Å². The van der Waals surface area contributed by atoms with Gasteiger partial charge in [0.15, 0.2) is 17.5 Å². The van der Waals surface area contributed by atoms with E-state index in [2.05, 4.69) is 5.32 Å². The van der Waals surface area contributed by atoms with Crippen molar-refractivity contribution in [1.82, 2.24) is 0 Å². The molecule has 0 aliphatic carbocycles. The lowest BCUT2D eigenvalue weighted by atomic mass is 10.1. The minimum absolute atomic E-state index is 0.0532. The summed E-state index contributed by atoms with van der Waals surface area (Å²) in [6.45, 7) is 7.60. The number of anilines is 1. The third kappa shape index (κ3) is 5.63. The summed E-state index contributed by atoms with van der Waals surface area (Å²) in [6, 6.07) is 13.1. The Morgan fingerprint density at radius 1 is 1.04 bits per heavy atom. The Hall–Kier alpha value is -2.73. The Balaban J connectivity index is 2.04. The van der Waals surface area contributed by atoms with E-state index in [-0.39, 0.29) is 11.9 Å². The van der Waals surface area contributed by atoms with Gasteiger partial charge >= 0.3 is 0 Å². The zero-order valence-electron chi connectivity index (χ0n) is 17.4. The lowest BCUT2D eigenvalue weighted by Crippen LogP contribution is -3.12. The molecule has 0 aliphatic rings. The van der Waals surface area contributed by atoms with Crippen LogP contribution in [0, 0.1) is 0 Å². The number of hydrogen-bond donors (Lipinski definition) is 2. The summed E-state index contributed by atoms with van der Waals surface area (Å²) in [7, 11) is 3.63. The second kappa shape index (κ2) is 10.6. The highest BCUT2D eigenvalue weighted by molar-refractivity contribution is 5.94. The minimum Gasteiger partial charge on any atom is -0.493 e. The van der Waals surface area contributed by atoms with E-state index < -0.39 is 0 Å². The van der Waals surface area contributed by atoms with E-state index in [9.17, 15) is 4.79 Å². The van der Waals surface area contributed by atoms with E-state index in [1.807, 2.05) is 70.3 Å². The lowest BCUT2D eigenvalue weighted by molar-refractivity contribution is -0.907. The quantitative estimate of drug-likeness (QED) is 0.658. The second-order valence-electron chi connectivity index (χ2n) is 6.58. The molecule has 1 unspecified atom stereocenters. The highest BCUT2D eigenvalue weighted by Crippen LogP contribution is 2.28. The van der Waals surface area contributed by atoms with Gasteiger partial charge in [-0.15, -0.1) is 0 Å². The second-order valence-corrected chi connectivity index (χ2v) is 6.58. The van der Waals surface area contributed by atoms with E-state index in [4.69, 9.17) is 14.2 Å². The number of para-hydroxylation sites is 2. The van der Waals surface area contributed by atoms with Crippen molar-refractivity contribution < 1.29 is 23.9 Å². The van der Waals surface area contributed by atoms with E-state index in [0.29, 0.717) is 36.9 Å². The summed E-state index contributed by atoms with van der Waals surface area (Å²) >= 11 is 0. The maximum absolute atomic E-state index is 12.7. The first kappa shape index (κ1) is 21.6. The molecule has 6 heteroatoms. The molecule has 0 bridgehead atoms. The number of carbonyl (C=O) groups is 1. The van der Waals surface area contributed by atoms with Crippen molar-refractivity contribution in [3.05, 3.63) is 48.0 Å². The van der Waals surface area contributed by atoms with Crippen LogP contribution in [0.2, 0.25) is 0 Å². The highest BCUT2D eigenvalue weighted by Gasteiger charge is 2.23. The zero-order valence-corrected chi connectivity index (χ0v) is 17.4. The van der Waals surface area contributed by atoms with Gasteiger partial charge in [0, 0.05) is 5.56 Å². The average molecular weight is 388 g/mol. The summed E-state index contributed by atoms with van der Waals surface area (Å²) in [5.74, 6) is 2.06. The third-order valence-electron chi connectivity index (χ3n) is 4.59. The van der Waals surface area contributed by atoms with Crippen LogP contribution in [0.3, 0.4) is 0 Å². The largest absolute Gasteiger partial charge is 0.493 e. The van der Waals surface area contributed by atoms with Crippen LogP contribution in [-0.2, 0) is 11.3 Å². The predicted molar refractivity (Wildman–Crippen MR) is 110 cm³/mol. The number of carbonyl (C=O) groups excluding carboxylic acids is 1. The topological polar surface area (TPSA) is 61.2 Å². The standard InChI is InChI=1S/C22H30N2O4/c1-6-27-19-11-9-8-10-18(19)23-22(25)16(3)24(4)15-17-12-13-20(28-7-2)21(14-17)26-5/h8-14,16H,6-7,15H2,1-5H3,(H,23,25)/p+1/t16-/m0/s1. The van der Waals surface area contributed by atoms with E-state index in [0.717, 1.165) is 16.2 Å². The van der Waals surface area contributed by atoms with Crippen molar-refractivity contribution in [3.63, 3.8) is 0 Å². The number of rotatable bonds is 10. The van der Waals surface area contributed by atoms with Crippen molar-refractivity contribution in [3.8, 4) is 17.2 Å². The number of amides is 1. The van der Waals surface area contributed by atoms with Crippen molar-refractivity contribution in [2.45, 2.75) is 33.4 Å². The molecule has 2 atom stereocenters. The fourth-order valence-corrected chi connectivity index (χ4v) is 2.89. The van der Waals surface area contributed by atoms with Gasteiger partial charge in [-0.25, -0.2) is 0 Å². The van der Waals surface area contributed by atoms with Gasteiger partial charge in [-0.1, -0.05) is 12.1 Å². The van der Waals surface area contributed by atoms with Crippen LogP contribution in [0.15, 0.2) is 42.5 Å². The molecule has 0 aromatic heterocycles. The Kier molecular flexibility index (Phi) is 8.14. The molecule has 2 N–H and O–H groups in total. The van der Waals surface area contributed by atoms with Gasteiger partial charge in [0.05, 0.1) is 33.1 Å². The number of likely N-dealkylation sites (N-methyl/N-ethyl adjacent to an activating group) is 1. The Morgan fingerprint density at radius 2 is 1.71 bits per heavy atom. The number of nitrogens with one attached hydrogen (secondary N) is 2. The van der Waals surface area contributed by atoms with Gasteiger partial charge in [0.2, 0.25) is 0 Å². The molecule has 0 spiro atoms. The molecule has 0 saturated carbocycles. The first-order valence-electron chi connectivity index (χ1n) is 9.64. The lowest BCUT2D eigenvalue weighted by Gasteiger charge is -2.22. The summed E-state index contributed by atoms with van der Waals surface area (Å²) in [6.07, 6.45) is 0. The molecule has 28 heavy (non-hydrogen) atoms. The monoisotopic (exact) mass is 387 g/mol. The van der Waals surface area contributed by atoms with Crippen molar-refractivity contribution >= 4 is 11.6 Å². The molecule has 0 fully saturated rings. The molecule has 0 aliphatic heterocycles. The molecule has 2 aromatic carbocycles. The van der Waals surface area contributed by atoms with Crippen LogP contribution in [0.5, 0.6) is 17.2 Å². The number of benzene rings is 2. The number of ether oxygens (including phenoxy) is 3. The summed E-state index contributed by atoms with van der Waals surface area (Å²) in [5.41, 5.74) is 1.77. The normalized spacial score (nSPS) is 12.8. The Bertz CT molecular complexity index is 779. The maximum atomic E-state index is 12.7. The molecule has 1 amide bonds. The average Bonchev–Trinajstić information content (AvgIpc) is 2.70. The highest BCUT2D eigenvalue weighted by atomic mass is 16.5. The van der Waals surface area contributed by atoms with E-state index in [1.54, 1.807) is 7.11 Å². The van der Waals surface area contributed by atoms with Gasteiger partial charge in [-0.05, 0) is 51.1 Å². The summed E-state index contributed by atoms with van der Waals surface area (Å²) < 4.78 is 16.6. The van der Waals surface area contributed by atoms with Crippen LogP contribution in [-0.4, -0.2) is 39.3 Å². The van der Waals surface area contributed by atoms with Crippen molar-refractivity contribution in [2.24, 2.45) is 0 Å². The van der Waals surface area contributed by atoms with E-state index in [1.165, 1.54) is 0 Å². The fourth-order valence-electron chi connectivity index (χ4n) is 2.89. The van der Waals surface area contributed by atoms with Crippen LogP contribution in [0.25, 0.3) is 0 Å². The van der Waals surface area contributed by atoms with Crippen molar-refractivity contribution in [1.29, 1.82) is 0 Å². The molecule has 6 nitrogen and oxygen atoms in total. The van der Waals surface area contributed by atoms with Gasteiger partial charge in [-0.2, -0.15) is 0 Å². The van der Waals surface area contributed by atoms with Gasteiger partial charge in [0.1, 0.15) is 12.3 Å². The van der Waals surface area contributed by atoms with Crippen LogP contribution >= 0.6 is 0 Å². The Morgan fingerprint density at radius 3 is 2.39 bits per heavy atom. The molecule has 0 heterocycles. The predicted octanol–water partition coefficient (Wildman–Crippen LogP) is 2.53.